The Balaban J connectivity index is 2.16. The number of carbonyl (C=O) groups is 1. The van der Waals surface area contributed by atoms with Gasteiger partial charge in [-0.2, -0.15) is 0 Å². The number of nitrogens with zero attached hydrogens (tertiary/aromatic N) is 2. The van der Waals surface area contributed by atoms with Crippen LogP contribution in [0.4, 0.5) is 10.5 Å². The van der Waals surface area contributed by atoms with Gasteiger partial charge in [-0.25, -0.2) is 4.79 Å². The number of amides is 1. The van der Waals surface area contributed by atoms with Crippen molar-refractivity contribution >= 4 is 22.7 Å². The molecule has 1 aromatic heterocycles. The Bertz CT molecular complexity index is 844. The molecule has 0 radical (unpaired) electrons. The van der Waals surface area contributed by atoms with Gasteiger partial charge in [0.05, 0.1) is 27.9 Å². The largest absolute Gasteiger partial charge is 0.444 e. The van der Waals surface area contributed by atoms with Gasteiger partial charge >= 0.3 is 6.09 Å². The molecule has 0 aliphatic heterocycles. The number of non-ortho nitro benzene ring substituents is 1. The number of carbonyl (C=O) groups excluding carboxylic acids is 1. The van der Waals surface area contributed by atoms with Crippen molar-refractivity contribution < 1.29 is 14.5 Å². The van der Waals surface area contributed by atoms with Crippen molar-refractivity contribution in [2.75, 3.05) is 6.54 Å². The molecule has 2 rings (SSSR count). The van der Waals surface area contributed by atoms with Crippen LogP contribution in [0.5, 0.6) is 0 Å². The smallest absolute Gasteiger partial charge is 0.408 e. The van der Waals surface area contributed by atoms with Gasteiger partial charge in [-0.15, -0.1) is 0 Å². The maximum absolute atomic E-state index is 11.5. The first-order valence-corrected chi connectivity index (χ1v) is 7.26. The van der Waals surface area contributed by atoms with Crippen LogP contribution in [0, 0.1) is 22.0 Å². The van der Waals surface area contributed by atoms with E-state index < -0.39 is 16.6 Å². The van der Waals surface area contributed by atoms with E-state index in [0.29, 0.717) is 16.5 Å². The minimum absolute atomic E-state index is 0.0180. The standard InChI is InChI=1S/C17H17N3O4/c1-17(2,3)24-16(21)19-11-4-6-12-8-9-14(20(22)23)13-7-5-10-18-15(12)13/h5,7-10H,11H2,1-3H3,(H,19,21). The molecule has 7 nitrogen and oxygen atoms in total. The van der Waals surface area contributed by atoms with Crippen molar-refractivity contribution in [3.05, 3.63) is 46.1 Å². The van der Waals surface area contributed by atoms with Crippen molar-refractivity contribution in [3.63, 3.8) is 0 Å². The average Bonchev–Trinajstić information content (AvgIpc) is 2.49. The molecule has 0 spiro atoms. The third kappa shape index (κ3) is 4.43. The summed E-state index contributed by atoms with van der Waals surface area (Å²) in [7, 11) is 0. The molecule has 1 heterocycles. The number of aromatic nitrogens is 1. The lowest BCUT2D eigenvalue weighted by molar-refractivity contribution is -0.383. The second-order valence-electron chi connectivity index (χ2n) is 5.95. The first-order valence-electron chi connectivity index (χ1n) is 7.26. The highest BCUT2D eigenvalue weighted by Crippen LogP contribution is 2.26. The predicted octanol–water partition coefficient (Wildman–Crippen LogP) is 3.02. The van der Waals surface area contributed by atoms with Crippen LogP contribution >= 0.6 is 0 Å². The van der Waals surface area contributed by atoms with Gasteiger partial charge in [0.15, 0.2) is 0 Å². The van der Waals surface area contributed by atoms with Gasteiger partial charge in [-0.05, 0) is 39.0 Å². The fourth-order valence-corrected chi connectivity index (χ4v) is 1.99. The van der Waals surface area contributed by atoms with E-state index in [9.17, 15) is 14.9 Å². The van der Waals surface area contributed by atoms with E-state index in [4.69, 9.17) is 4.74 Å². The molecule has 24 heavy (non-hydrogen) atoms. The highest BCUT2D eigenvalue weighted by atomic mass is 16.6. The third-order valence-corrected chi connectivity index (χ3v) is 2.89. The minimum Gasteiger partial charge on any atom is -0.444 e. The number of nitrogens with one attached hydrogen (secondary N) is 1. The van der Waals surface area contributed by atoms with Crippen molar-refractivity contribution in [1.82, 2.24) is 10.3 Å². The normalized spacial score (nSPS) is 10.6. The number of fused-ring (bicyclic) bond motifs is 1. The number of alkyl carbamates (subject to hydrolysis) is 1. The first-order chi connectivity index (χ1) is 11.3. The topological polar surface area (TPSA) is 94.4 Å². The summed E-state index contributed by atoms with van der Waals surface area (Å²) in [5.41, 5.74) is 0.421. The molecular formula is C17H17N3O4. The van der Waals surface area contributed by atoms with Crippen LogP contribution in [0.1, 0.15) is 26.3 Å². The summed E-state index contributed by atoms with van der Waals surface area (Å²) in [6.07, 6.45) is 0.999. The highest BCUT2D eigenvalue weighted by molar-refractivity contribution is 5.92. The number of rotatable bonds is 2. The van der Waals surface area contributed by atoms with Crippen LogP contribution in [0.3, 0.4) is 0 Å². The Morgan fingerprint density at radius 3 is 2.79 bits per heavy atom. The van der Waals surface area contributed by atoms with Crippen molar-refractivity contribution in [2.45, 2.75) is 26.4 Å². The van der Waals surface area contributed by atoms with E-state index in [0.717, 1.165) is 0 Å². The predicted molar refractivity (Wildman–Crippen MR) is 89.5 cm³/mol. The lowest BCUT2D eigenvalue weighted by Crippen LogP contribution is -2.32. The number of nitro groups is 1. The van der Waals surface area contributed by atoms with Gasteiger partial charge in [0.25, 0.3) is 5.69 Å². The first kappa shape index (κ1) is 17.2. The lowest BCUT2D eigenvalue weighted by Gasteiger charge is -2.19. The summed E-state index contributed by atoms with van der Waals surface area (Å²) < 4.78 is 5.10. The molecule has 0 unspecified atom stereocenters. The average molecular weight is 327 g/mol. The molecule has 0 aliphatic carbocycles. The van der Waals surface area contributed by atoms with Crippen molar-refractivity contribution in [1.29, 1.82) is 0 Å². The molecule has 2 aromatic rings. The van der Waals surface area contributed by atoms with Crippen LogP contribution in [0.15, 0.2) is 30.5 Å². The maximum atomic E-state index is 11.5. The van der Waals surface area contributed by atoms with Crippen LogP contribution in [-0.2, 0) is 4.74 Å². The Hall–Kier alpha value is -3.14. The summed E-state index contributed by atoms with van der Waals surface area (Å²) >= 11 is 0. The number of ether oxygens (including phenoxy) is 1. The molecule has 7 heteroatoms. The Morgan fingerprint density at radius 2 is 2.12 bits per heavy atom. The summed E-state index contributed by atoms with van der Waals surface area (Å²) in [6, 6.07) is 6.21. The quantitative estimate of drug-likeness (QED) is 0.520. The SMILES string of the molecule is CC(C)(C)OC(=O)NCC#Cc1ccc([N+](=O)[O-])c2cccnc12. The Labute approximate surface area is 139 Å². The number of hydrogen-bond donors (Lipinski definition) is 1. The van der Waals surface area contributed by atoms with Gasteiger partial charge in [-0.1, -0.05) is 11.8 Å². The van der Waals surface area contributed by atoms with Crippen LogP contribution in [0.25, 0.3) is 10.9 Å². The summed E-state index contributed by atoms with van der Waals surface area (Å²) in [5.74, 6) is 5.65. The van der Waals surface area contributed by atoms with Crippen LogP contribution in [-0.4, -0.2) is 28.1 Å². The molecular weight excluding hydrogens is 310 g/mol. The Kier molecular flexibility index (Phi) is 4.99. The zero-order valence-corrected chi connectivity index (χ0v) is 13.6. The minimum atomic E-state index is -0.573. The van der Waals surface area contributed by atoms with Gasteiger partial charge in [-0.3, -0.25) is 15.1 Å². The molecule has 1 N–H and O–H groups in total. The molecule has 1 aromatic carbocycles. The molecule has 0 aliphatic rings. The molecule has 124 valence electrons. The van der Waals surface area contributed by atoms with Crippen molar-refractivity contribution in [3.8, 4) is 11.8 Å². The second-order valence-corrected chi connectivity index (χ2v) is 5.95. The van der Waals surface area contributed by atoms with Gasteiger partial charge in [0, 0.05) is 12.3 Å². The summed E-state index contributed by atoms with van der Waals surface area (Å²) in [6.45, 7) is 5.41. The van der Waals surface area contributed by atoms with Crippen molar-refractivity contribution in [2.24, 2.45) is 0 Å². The molecule has 0 saturated carbocycles. The molecule has 0 fully saturated rings. The van der Waals surface area contributed by atoms with E-state index in [2.05, 4.69) is 22.1 Å². The number of benzene rings is 1. The van der Waals surface area contributed by atoms with E-state index in [1.807, 2.05) is 0 Å². The van der Waals surface area contributed by atoms with Gasteiger partial charge in [0.2, 0.25) is 0 Å². The Morgan fingerprint density at radius 1 is 1.38 bits per heavy atom. The van der Waals surface area contributed by atoms with E-state index >= 15 is 0 Å². The second kappa shape index (κ2) is 6.96. The van der Waals surface area contributed by atoms with Crippen LogP contribution in [0.2, 0.25) is 0 Å². The summed E-state index contributed by atoms with van der Waals surface area (Å²) in [4.78, 5) is 26.3. The number of pyridine rings is 1. The van der Waals surface area contributed by atoms with Gasteiger partial charge in [0.1, 0.15) is 5.60 Å². The number of hydrogen-bond acceptors (Lipinski definition) is 5. The molecule has 0 atom stereocenters. The van der Waals surface area contributed by atoms with Gasteiger partial charge < -0.3 is 10.1 Å². The molecule has 0 bridgehead atoms. The lowest BCUT2D eigenvalue weighted by atomic mass is 10.1. The maximum Gasteiger partial charge on any atom is 0.408 e. The van der Waals surface area contributed by atoms with E-state index in [1.165, 1.54) is 6.07 Å². The molecule has 1 amide bonds. The zero-order chi connectivity index (χ0) is 17.7. The summed E-state index contributed by atoms with van der Waals surface area (Å²) in [5, 5.41) is 14.0. The molecule has 0 saturated heterocycles. The third-order valence-electron chi connectivity index (χ3n) is 2.89. The van der Waals surface area contributed by atoms with Crippen LogP contribution < -0.4 is 5.32 Å². The zero-order valence-electron chi connectivity index (χ0n) is 13.6. The fourth-order valence-electron chi connectivity index (χ4n) is 1.99. The highest BCUT2D eigenvalue weighted by Gasteiger charge is 2.15. The van der Waals surface area contributed by atoms with E-state index in [1.54, 1.807) is 45.2 Å². The monoisotopic (exact) mass is 327 g/mol. The van der Waals surface area contributed by atoms with E-state index in [-0.39, 0.29) is 12.2 Å². The number of nitro benzene ring substituents is 1. The fraction of sp³-hybridized carbons (Fsp3) is 0.294.